The lowest BCUT2D eigenvalue weighted by atomic mass is 9.99. The molecule has 11 heteroatoms. The maximum atomic E-state index is 13.0. The standard InChI is InChI=1S/C23H28ClN5O3S2/c1-15-5-6-19(12-20(15)24)34(31,32)29-10-7-17(8-11-29)23-27-21(14-33-23)22(30)25-9-3-4-18-13-26-28-16(18)2/h5-6,12-14,17H,3-4,7-11H2,1-2H3,(H,25,30)(H,26,28). The second-order valence-electron chi connectivity index (χ2n) is 8.54. The number of rotatable bonds is 8. The Morgan fingerprint density at radius 1 is 1.29 bits per heavy atom. The molecule has 182 valence electrons. The summed E-state index contributed by atoms with van der Waals surface area (Å²) < 4.78 is 27.5. The molecule has 2 aromatic heterocycles. The third kappa shape index (κ3) is 5.51. The Balaban J connectivity index is 1.28. The number of amides is 1. The number of hydrogen-bond acceptors (Lipinski definition) is 6. The van der Waals surface area contributed by atoms with Gasteiger partial charge in [0.05, 0.1) is 16.1 Å². The van der Waals surface area contributed by atoms with Gasteiger partial charge in [-0.25, -0.2) is 13.4 Å². The Hall–Kier alpha value is -2.27. The van der Waals surface area contributed by atoms with Gasteiger partial charge in [0.15, 0.2) is 0 Å². The number of halogens is 1. The summed E-state index contributed by atoms with van der Waals surface area (Å²) in [6.45, 7) is 5.21. The predicted molar refractivity (Wildman–Crippen MR) is 133 cm³/mol. The SMILES string of the molecule is Cc1ccc(S(=O)(=O)N2CCC(c3nc(C(=O)NCCCc4cn[nH]c4C)cs3)CC2)cc1Cl. The third-order valence-electron chi connectivity index (χ3n) is 6.18. The number of thiazole rings is 1. The van der Waals surface area contributed by atoms with Crippen molar-refractivity contribution in [3.63, 3.8) is 0 Å². The van der Waals surface area contributed by atoms with Crippen LogP contribution >= 0.6 is 22.9 Å². The molecule has 1 aliphatic rings. The van der Waals surface area contributed by atoms with E-state index in [1.807, 2.05) is 20.0 Å². The molecular formula is C23H28ClN5O3S2. The van der Waals surface area contributed by atoms with Crippen LogP contribution in [-0.2, 0) is 16.4 Å². The van der Waals surface area contributed by atoms with Gasteiger partial charge in [0.1, 0.15) is 5.69 Å². The van der Waals surface area contributed by atoms with Crippen LogP contribution in [-0.4, -0.2) is 53.4 Å². The third-order valence-corrected chi connectivity index (χ3v) is 9.49. The molecule has 0 atom stereocenters. The highest BCUT2D eigenvalue weighted by atomic mass is 35.5. The van der Waals surface area contributed by atoms with Crippen LogP contribution in [0.15, 0.2) is 34.7 Å². The van der Waals surface area contributed by atoms with Crippen molar-refractivity contribution in [2.45, 2.75) is 50.3 Å². The normalized spacial score (nSPS) is 15.5. The maximum Gasteiger partial charge on any atom is 0.270 e. The van der Waals surface area contributed by atoms with E-state index < -0.39 is 10.0 Å². The lowest BCUT2D eigenvalue weighted by Crippen LogP contribution is -2.37. The first-order chi connectivity index (χ1) is 16.3. The van der Waals surface area contributed by atoms with E-state index in [2.05, 4.69) is 20.5 Å². The molecule has 34 heavy (non-hydrogen) atoms. The van der Waals surface area contributed by atoms with Gasteiger partial charge in [0.2, 0.25) is 10.0 Å². The van der Waals surface area contributed by atoms with Crippen molar-refractivity contribution in [2.24, 2.45) is 0 Å². The van der Waals surface area contributed by atoms with E-state index in [0.29, 0.717) is 43.2 Å². The first kappa shape index (κ1) is 24.8. The molecule has 0 aliphatic carbocycles. The smallest absolute Gasteiger partial charge is 0.270 e. The van der Waals surface area contributed by atoms with Crippen molar-refractivity contribution in [1.29, 1.82) is 0 Å². The van der Waals surface area contributed by atoms with Crippen LogP contribution in [0.2, 0.25) is 5.02 Å². The Kier molecular flexibility index (Phi) is 7.71. The topological polar surface area (TPSA) is 108 Å². The molecular weight excluding hydrogens is 494 g/mol. The second-order valence-corrected chi connectivity index (χ2v) is 11.8. The van der Waals surface area contributed by atoms with Crippen molar-refractivity contribution in [3.8, 4) is 0 Å². The van der Waals surface area contributed by atoms with Crippen molar-refractivity contribution in [1.82, 2.24) is 24.8 Å². The predicted octanol–water partition coefficient (Wildman–Crippen LogP) is 4.07. The lowest BCUT2D eigenvalue weighted by molar-refractivity contribution is 0.0948. The van der Waals surface area contributed by atoms with Crippen LogP contribution in [0.1, 0.15) is 57.5 Å². The van der Waals surface area contributed by atoms with E-state index in [-0.39, 0.29) is 16.7 Å². The molecule has 1 aliphatic heterocycles. The number of aryl methyl sites for hydroxylation is 3. The lowest BCUT2D eigenvalue weighted by Gasteiger charge is -2.30. The van der Waals surface area contributed by atoms with Crippen molar-refractivity contribution in [3.05, 3.63) is 62.3 Å². The summed E-state index contributed by atoms with van der Waals surface area (Å²) in [6.07, 6.45) is 4.81. The number of H-pyrrole nitrogens is 1. The highest BCUT2D eigenvalue weighted by molar-refractivity contribution is 7.89. The number of nitrogens with one attached hydrogen (secondary N) is 2. The minimum absolute atomic E-state index is 0.142. The van der Waals surface area contributed by atoms with Gasteiger partial charge in [-0.3, -0.25) is 9.89 Å². The van der Waals surface area contributed by atoms with Crippen LogP contribution in [0.5, 0.6) is 0 Å². The summed E-state index contributed by atoms with van der Waals surface area (Å²) in [7, 11) is -3.59. The van der Waals surface area contributed by atoms with Crippen molar-refractivity contribution >= 4 is 38.9 Å². The fraction of sp³-hybridized carbons (Fsp3) is 0.435. The number of aromatic amines is 1. The monoisotopic (exact) mass is 521 g/mol. The molecule has 3 heterocycles. The van der Waals surface area contributed by atoms with E-state index >= 15 is 0 Å². The minimum Gasteiger partial charge on any atom is -0.351 e. The molecule has 1 fully saturated rings. The highest BCUT2D eigenvalue weighted by Gasteiger charge is 2.31. The molecule has 0 spiro atoms. The van der Waals surface area contributed by atoms with E-state index in [4.69, 9.17) is 11.6 Å². The zero-order chi connectivity index (χ0) is 24.3. The first-order valence-electron chi connectivity index (χ1n) is 11.2. The summed E-state index contributed by atoms with van der Waals surface area (Å²) in [4.78, 5) is 17.2. The minimum atomic E-state index is -3.59. The number of carbonyl (C=O) groups excluding carboxylic acids is 1. The van der Waals surface area contributed by atoms with E-state index in [9.17, 15) is 13.2 Å². The van der Waals surface area contributed by atoms with Gasteiger partial charge in [-0.15, -0.1) is 11.3 Å². The first-order valence-corrected chi connectivity index (χ1v) is 13.9. The molecule has 3 aromatic rings. The van der Waals surface area contributed by atoms with Gasteiger partial charge in [0, 0.05) is 41.6 Å². The van der Waals surface area contributed by atoms with Gasteiger partial charge in [-0.05, 0) is 62.8 Å². The average Bonchev–Trinajstić information content (AvgIpc) is 3.48. The van der Waals surface area contributed by atoms with E-state index in [1.54, 1.807) is 17.5 Å². The molecule has 4 rings (SSSR count). The summed E-state index contributed by atoms with van der Waals surface area (Å²) in [5, 5.41) is 13.0. The number of nitrogens with zero attached hydrogens (tertiary/aromatic N) is 3. The Labute approximate surface area is 208 Å². The fourth-order valence-corrected chi connectivity index (χ4v) is 6.72. The summed E-state index contributed by atoms with van der Waals surface area (Å²) in [5.74, 6) is -0.0358. The zero-order valence-corrected chi connectivity index (χ0v) is 21.6. The average molecular weight is 522 g/mol. The molecule has 0 unspecified atom stereocenters. The van der Waals surface area contributed by atoms with Crippen LogP contribution in [0.25, 0.3) is 0 Å². The fourth-order valence-electron chi connectivity index (χ4n) is 4.00. The van der Waals surface area contributed by atoms with Crippen molar-refractivity contribution in [2.75, 3.05) is 19.6 Å². The number of hydrogen-bond donors (Lipinski definition) is 2. The van der Waals surface area contributed by atoms with Crippen LogP contribution in [0, 0.1) is 13.8 Å². The van der Waals surface area contributed by atoms with E-state index in [0.717, 1.165) is 34.7 Å². The Morgan fingerprint density at radius 3 is 2.74 bits per heavy atom. The molecule has 1 saturated heterocycles. The summed E-state index contributed by atoms with van der Waals surface area (Å²) >= 11 is 7.60. The molecule has 0 saturated carbocycles. The van der Waals surface area contributed by atoms with Crippen molar-refractivity contribution < 1.29 is 13.2 Å². The van der Waals surface area contributed by atoms with Gasteiger partial charge in [-0.1, -0.05) is 17.7 Å². The van der Waals surface area contributed by atoms with Gasteiger partial charge < -0.3 is 5.32 Å². The number of aromatic nitrogens is 3. The molecule has 2 N–H and O–H groups in total. The molecule has 0 radical (unpaired) electrons. The number of benzene rings is 1. The molecule has 8 nitrogen and oxygen atoms in total. The highest BCUT2D eigenvalue weighted by Crippen LogP contribution is 2.33. The maximum absolute atomic E-state index is 13.0. The Morgan fingerprint density at radius 2 is 2.06 bits per heavy atom. The molecule has 0 bridgehead atoms. The van der Waals surface area contributed by atoms with Crippen LogP contribution in [0.3, 0.4) is 0 Å². The number of piperidine rings is 1. The van der Waals surface area contributed by atoms with Gasteiger partial charge in [0.25, 0.3) is 5.91 Å². The van der Waals surface area contributed by atoms with Crippen LogP contribution < -0.4 is 5.32 Å². The number of sulfonamides is 1. The molecule has 1 aromatic carbocycles. The second kappa shape index (κ2) is 10.6. The number of carbonyl (C=O) groups is 1. The Bertz CT molecular complexity index is 1260. The van der Waals surface area contributed by atoms with Gasteiger partial charge in [-0.2, -0.15) is 9.40 Å². The molecule has 1 amide bonds. The van der Waals surface area contributed by atoms with E-state index in [1.165, 1.54) is 21.7 Å². The van der Waals surface area contributed by atoms with Gasteiger partial charge >= 0.3 is 0 Å². The van der Waals surface area contributed by atoms with Crippen LogP contribution in [0.4, 0.5) is 0 Å². The summed E-state index contributed by atoms with van der Waals surface area (Å²) in [6, 6.07) is 4.84. The summed E-state index contributed by atoms with van der Waals surface area (Å²) in [5.41, 5.74) is 3.47. The largest absolute Gasteiger partial charge is 0.351 e. The zero-order valence-electron chi connectivity index (χ0n) is 19.2. The quantitative estimate of drug-likeness (QED) is 0.434.